The molecule has 164 valence electrons. The van der Waals surface area contributed by atoms with E-state index in [2.05, 4.69) is 52.4 Å². The van der Waals surface area contributed by atoms with E-state index in [1.165, 1.54) is 5.56 Å². The van der Waals surface area contributed by atoms with Gasteiger partial charge in [-0.25, -0.2) is 4.79 Å². The van der Waals surface area contributed by atoms with E-state index in [4.69, 9.17) is 14.6 Å². The number of benzene rings is 3. The van der Waals surface area contributed by atoms with Crippen LogP contribution in [0.1, 0.15) is 32.6 Å². The van der Waals surface area contributed by atoms with Crippen LogP contribution in [0.2, 0.25) is 0 Å². The number of carboxylic acid groups (broad SMARTS) is 1. The van der Waals surface area contributed by atoms with Gasteiger partial charge in [0.15, 0.2) is 11.5 Å². The molecule has 0 aromatic heterocycles. The molecule has 7 heteroatoms. The van der Waals surface area contributed by atoms with Crippen molar-refractivity contribution in [1.82, 2.24) is 5.32 Å². The summed E-state index contributed by atoms with van der Waals surface area (Å²) in [6.45, 7) is 3.78. The predicted molar refractivity (Wildman–Crippen MR) is 127 cm³/mol. The summed E-state index contributed by atoms with van der Waals surface area (Å²) in [5, 5.41) is 12.3. The number of halogens is 2. The molecule has 0 spiro atoms. The summed E-state index contributed by atoms with van der Waals surface area (Å²) in [4.78, 5) is 10.9. The molecular weight excluding hydrogens is 482 g/mol. The van der Waals surface area contributed by atoms with E-state index < -0.39 is 5.97 Å². The van der Waals surface area contributed by atoms with Gasteiger partial charge >= 0.3 is 5.97 Å². The fourth-order valence-corrected chi connectivity index (χ4v) is 3.58. The molecule has 3 rings (SSSR count). The van der Waals surface area contributed by atoms with Gasteiger partial charge < -0.3 is 19.9 Å². The van der Waals surface area contributed by atoms with Crippen molar-refractivity contribution in [3.8, 4) is 11.5 Å². The largest absolute Gasteiger partial charge is 0.493 e. The standard InChI is InChI=1S/C24H24BrNO4.ClH/c1-16-3-5-18(6-4-16)15-30-23-21(25)11-19(12-22(23)29-2)14-26-13-17-7-9-20(10-8-17)24(27)28;/h3-12,26H,13-15H2,1-2H3,(H,27,28);1H. The first kappa shape index (κ1) is 24.7. The summed E-state index contributed by atoms with van der Waals surface area (Å²) in [5.74, 6) is 0.418. The molecule has 0 aliphatic heterocycles. The van der Waals surface area contributed by atoms with Gasteiger partial charge in [0.05, 0.1) is 17.1 Å². The van der Waals surface area contributed by atoms with Gasteiger partial charge in [-0.2, -0.15) is 0 Å². The van der Waals surface area contributed by atoms with Crippen molar-refractivity contribution in [2.24, 2.45) is 0 Å². The number of carboxylic acids is 1. The van der Waals surface area contributed by atoms with Crippen molar-refractivity contribution in [3.05, 3.63) is 93.0 Å². The van der Waals surface area contributed by atoms with Crippen LogP contribution in [0.3, 0.4) is 0 Å². The number of carbonyl (C=O) groups is 1. The molecular formula is C24H25BrClNO4. The zero-order valence-corrected chi connectivity index (χ0v) is 19.8. The Bertz CT molecular complexity index is 1010. The molecule has 0 unspecified atom stereocenters. The summed E-state index contributed by atoms with van der Waals surface area (Å²) >= 11 is 3.59. The molecule has 0 heterocycles. The number of aromatic carboxylic acids is 1. The summed E-state index contributed by atoms with van der Waals surface area (Å²) in [6, 6.07) is 19.0. The molecule has 0 aliphatic carbocycles. The van der Waals surface area contributed by atoms with Crippen LogP contribution in [0.15, 0.2) is 65.1 Å². The highest BCUT2D eigenvalue weighted by Gasteiger charge is 2.12. The van der Waals surface area contributed by atoms with Crippen LogP contribution in [0, 0.1) is 6.92 Å². The molecule has 31 heavy (non-hydrogen) atoms. The van der Waals surface area contributed by atoms with Crippen molar-refractivity contribution >= 4 is 34.3 Å². The highest BCUT2D eigenvalue weighted by Crippen LogP contribution is 2.37. The minimum Gasteiger partial charge on any atom is -0.493 e. The zero-order valence-electron chi connectivity index (χ0n) is 17.4. The molecule has 0 atom stereocenters. The third kappa shape index (κ3) is 6.99. The average molecular weight is 507 g/mol. The summed E-state index contributed by atoms with van der Waals surface area (Å²) < 4.78 is 12.4. The lowest BCUT2D eigenvalue weighted by molar-refractivity contribution is 0.0697. The number of hydrogen-bond donors (Lipinski definition) is 2. The molecule has 0 saturated heterocycles. The monoisotopic (exact) mass is 505 g/mol. The Morgan fingerprint density at radius 1 is 0.968 bits per heavy atom. The third-order valence-electron chi connectivity index (χ3n) is 4.65. The Hall–Kier alpha value is -2.54. The van der Waals surface area contributed by atoms with E-state index in [1.807, 2.05) is 24.3 Å². The molecule has 2 N–H and O–H groups in total. The summed E-state index contributed by atoms with van der Waals surface area (Å²) in [6.07, 6.45) is 0. The lowest BCUT2D eigenvalue weighted by Gasteiger charge is -2.15. The second-order valence-electron chi connectivity index (χ2n) is 6.99. The number of hydrogen-bond acceptors (Lipinski definition) is 4. The maximum absolute atomic E-state index is 10.9. The van der Waals surface area contributed by atoms with Crippen LogP contribution in [0.4, 0.5) is 0 Å². The van der Waals surface area contributed by atoms with E-state index in [1.54, 1.807) is 19.2 Å². The second kappa shape index (κ2) is 11.7. The SMILES string of the molecule is COc1cc(CNCc2ccc(C(=O)O)cc2)cc(Br)c1OCc1ccc(C)cc1.Cl. The van der Waals surface area contributed by atoms with E-state index in [0.717, 1.165) is 21.2 Å². The van der Waals surface area contributed by atoms with E-state index in [-0.39, 0.29) is 18.0 Å². The van der Waals surface area contributed by atoms with E-state index in [0.29, 0.717) is 31.2 Å². The molecule has 5 nitrogen and oxygen atoms in total. The van der Waals surface area contributed by atoms with Gasteiger partial charge in [0.1, 0.15) is 6.61 Å². The zero-order chi connectivity index (χ0) is 21.5. The average Bonchev–Trinajstić information content (AvgIpc) is 2.74. The quantitative estimate of drug-likeness (QED) is 0.386. The Morgan fingerprint density at radius 2 is 1.58 bits per heavy atom. The third-order valence-corrected chi connectivity index (χ3v) is 5.24. The van der Waals surface area contributed by atoms with Gasteiger partial charge in [-0.15, -0.1) is 12.4 Å². The molecule has 3 aromatic carbocycles. The van der Waals surface area contributed by atoms with Crippen LogP contribution in [-0.4, -0.2) is 18.2 Å². The van der Waals surface area contributed by atoms with Gasteiger partial charge in [0, 0.05) is 13.1 Å². The van der Waals surface area contributed by atoms with Crippen molar-refractivity contribution < 1.29 is 19.4 Å². The fourth-order valence-electron chi connectivity index (χ4n) is 2.97. The van der Waals surface area contributed by atoms with Gasteiger partial charge in [-0.1, -0.05) is 42.0 Å². The predicted octanol–water partition coefficient (Wildman–Crippen LogP) is 5.75. The molecule has 0 fully saturated rings. The van der Waals surface area contributed by atoms with Gasteiger partial charge in [0.2, 0.25) is 0 Å². The van der Waals surface area contributed by atoms with Crippen molar-refractivity contribution in [3.63, 3.8) is 0 Å². The van der Waals surface area contributed by atoms with Crippen LogP contribution >= 0.6 is 28.3 Å². The lowest BCUT2D eigenvalue weighted by Crippen LogP contribution is -2.13. The Balaban J connectivity index is 0.00000341. The maximum Gasteiger partial charge on any atom is 0.335 e. The molecule has 3 aromatic rings. The fraction of sp³-hybridized carbons (Fsp3) is 0.208. The minimum absolute atomic E-state index is 0. The Labute approximate surface area is 196 Å². The van der Waals surface area contributed by atoms with Crippen molar-refractivity contribution in [2.75, 3.05) is 7.11 Å². The number of rotatable bonds is 9. The topological polar surface area (TPSA) is 67.8 Å². The first-order valence-electron chi connectivity index (χ1n) is 9.54. The minimum atomic E-state index is -0.920. The summed E-state index contributed by atoms with van der Waals surface area (Å²) in [7, 11) is 1.63. The van der Waals surface area contributed by atoms with Crippen molar-refractivity contribution in [2.45, 2.75) is 26.6 Å². The number of ether oxygens (including phenoxy) is 2. The molecule has 0 bridgehead atoms. The number of methoxy groups -OCH3 is 1. The maximum atomic E-state index is 10.9. The van der Waals surface area contributed by atoms with Gasteiger partial charge in [-0.05, 0) is 63.8 Å². The first-order valence-corrected chi connectivity index (χ1v) is 10.3. The Morgan fingerprint density at radius 3 is 2.19 bits per heavy atom. The van der Waals surface area contributed by atoms with Crippen LogP contribution in [0.5, 0.6) is 11.5 Å². The van der Waals surface area contributed by atoms with Crippen LogP contribution < -0.4 is 14.8 Å². The highest BCUT2D eigenvalue weighted by atomic mass is 79.9. The van der Waals surface area contributed by atoms with Crippen LogP contribution in [0.25, 0.3) is 0 Å². The van der Waals surface area contributed by atoms with E-state index in [9.17, 15) is 4.79 Å². The normalized spacial score (nSPS) is 10.3. The van der Waals surface area contributed by atoms with Crippen molar-refractivity contribution in [1.29, 1.82) is 0 Å². The van der Waals surface area contributed by atoms with Crippen LogP contribution in [-0.2, 0) is 19.7 Å². The number of nitrogens with one attached hydrogen (secondary N) is 1. The second-order valence-corrected chi connectivity index (χ2v) is 7.84. The van der Waals surface area contributed by atoms with Gasteiger partial charge in [-0.3, -0.25) is 0 Å². The van der Waals surface area contributed by atoms with Gasteiger partial charge in [0.25, 0.3) is 0 Å². The Kier molecular flexibility index (Phi) is 9.37. The molecule has 0 aliphatic rings. The summed E-state index contributed by atoms with van der Waals surface area (Å²) in [5.41, 5.74) is 4.66. The molecule has 0 saturated carbocycles. The lowest BCUT2D eigenvalue weighted by atomic mass is 10.1. The van der Waals surface area contributed by atoms with E-state index >= 15 is 0 Å². The first-order chi connectivity index (χ1) is 14.5. The number of aryl methyl sites for hydroxylation is 1. The molecule has 0 amide bonds. The molecule has 0 radical (unpaired) electrons. The smallest absolute Gasteiger partial charge is 0.335 e. The highest BCUT2D eigenvalue weighted by molar-refractivity contribution is 9.10.